The molecular formula is C26H37F3N6O3S. The van der Waals surface area contributed by atoms with Crippen LogP contribution in [0.1, 0.15) is 36.9 Å². The van der Waals surface area contributed by atoms with Gasteiger partial charge in [0.15, 0.2) is 0 Å². The molecule has 0 radical (unpaired) electrons. The molecule has 0 unspecified atom stereocenters. The number of aromatic nitrogens is 2. The van der Waals surface area contributed by atoms with E-state index in [0.29, 0.717) is 24.3 Å². The fourth-order valence-corrected chi connectivity index (χ4v) is 6.20. The molecule has 1 saturated carbocycles. The van der Waals surface area contributed by atoms with Crippen molar-refractivity contribution in [3.63, 3.8) is 0 Å². The van der Waals surface area contributed by atoms with E-state index >= 15 is 0 Å². The fraction of sp³-hybridized carbons (Fsp3) is 0.615. The first-order valence-corrected chi connectivity index (χ1v) is 15.0. The monoisotopic (exact) mass is 570 g/mol. The SMILES string of the molecule is COc1cc(N2CCN(C)CC2)ccc1Nc1ncc(C(F)(F)F)c(C[C@@H]2CCCC[C@H]2N(C)S(C)(=O)=O)n1. The number of hydrogen-bond donors (Lipinski definition) is 1. The lowest BCUT2D eigenvalue weighted by molar-refractivity contribution is -0.138. The van der Waals surface area contributed by atoms with E-state index in [0.717, 1.165) is 57.2 Å². The van der Waals surface area contributed by atoms with Crippen LogP contribution < -0.4 is 15.0 Å². The Morgan fingerprint density at radius 2 is 1.85 bits per heavy atom. The molecule has 1 aliphatic heterocycles. The van der Waals surface area contributed by atoms with Gasteiger partial charge in [0, 0.05) is 57.2 Å². The topological polar surface area (TPSA) is 90.9 Å². The van der Waals surface area contributed by atoms with Crippen LogP contribution in [0.15, 0.2) is 24.4 Å². The minimum atomic E-state index is -4.64. The summed E-state index contributed by atoms with van der Waals surface area (Å²) < 4.78 is 73.1. The van der Waals surface area contributed by atoms with E-state index in [-0.39, 0.29) is 30.0 Å². The second-order valence-corrected chi connectivity index (χ2v) is 12.5. The zero-order valence-corrected chi connectivity index (χ0v) is 23.6. The van der Waals surface area contributed by atoms with Crippen LogP contribution in [0.4, 0.5) is 30.5 Å². The number of rotatable bonds is 8. The Labute approximate surface area is 228 Å². The van der Waals surface area contributed by atoms with E-state index in [4.69, 9.17) is 4.74 Å². The second kappa shape index (κ2) is 11.8. The summed E-state index contributed by atoms with van der Waals surface area (Å²) in [6.07, 6.45) is 0.154. The van der Waals surface area contributed by atoms with Gasteiger partial charge in [-0.25, -0.2) is 22.7 Å². The molecular weight excluding hydrogens is 533 g/mol. The highest BCUT2D eigenvalue weighted by molar-refractivity contribution is 7.88. The molecule has 216 valence electrons. The molecule has 4 rings (SSSR count). The van der Waals surface area contributed by atoms with Crippen molar-refractivity contribution < 1.29 is 26.3 Å². The minimum absolute atomic E-state index is 0.00392. The predicted octanol–water partition coefficient (Wildman–Crippen LogP) is 3.99. The summed E-state index contributed by atoms with van der Waals surface area (Å²) in [6.45, 7) is 3.67. The number of ether oxygens (including phenoxy) is 1. The van der Waals surface area contributed by atoms with Gasteiger partial charge in [-0.05, 0) is 44.4 Å². The number of nitrogens with one attached hydrogen (secondary N) is 1. The van der Waals surface area contributed by atoms with E-state index in [2.05, 4.69) is 32.1 Å². The van der Waals surface area contributed by atoms with Crippen molar-refractivity contribution >= 4 is 27.3 Å². The molecule has 2 fully saturated rings. The first-order valence-electron chi connectivity index (χ1n) is 13.1. The van der Waals surface area contributed by atoms with Gasteiger partial charge in [-0.1, -0.05) is 12.8 Å². The summed E-state index contributed by atoms with van der Waals surface area (Å²) in [5, 5.41) is 3.03. The number of halogens is 3. The fourth-order valence-electron chi connectivity index (χ4n) is 5.43. The Balaban J connectivity index is 1.60. The van der Waals surface area contributed by atoms with Gasteiger partial charge in [-0.3, -0.25) is 0 Å². The molecule has 1 aliphatic carbocycles. The Kier molecular flexibility index (Phi) is 8.91. The molecule has 1 aromatic carbocycles. The molecule has 0 bridgehead atoms. The van der Waals surface area contributed by atoms with Crippen molar-refractivity contribution in [3.05, 3.63) is 35.7 Å². The van der Waals surface area contributed by atoms with E-state index in [1.54, 1.807) is 0 Å². The molecule has 1 N–H and O–H groups in total. The van der Waals surface area contributed by atoms with E-state index in [1.165, 1.54) is 18.5 Å². The van der Waals surface area contributed by atoms with Gasteiger partial charge in [0.1, 0.15) is 5.75 Å². The quantitative estimate of drug-likeness (QED) is 0.510. The van der Waals surface area contributed by atoms with Crippen molar-refractivity contribution in [1.29, 1.82) is 0 Å². The largest absolute Gasteiger partial charge is 0.494 e. The maximum absolute atomic E-state index is 13.9. The molecule has 0 spiro atoms. The third-order valence-electron chi connectivity index (χ3n) is 7.79. The number of methoxy groups -OCH3 is 1. The van der Waals surface area contributed by atoms with Crippen LogP contribution in [0.5, 0.6) is 5.75 Å². The molecule has 1 saturated heterocycles. The van der Waals surface area contributed by atoms with Crippen molar-refractivity contribution in [2.45, 2.75) is 44.3 Å². The highest BCUT2D eigenvalue weighted by Gasteiger charge is 2.38. The number of sulfonamides is 1. The van der Waals surface area contributed by atoms with Crippen LogP contribution in [-0.4, -0.2) is 87.3 Å². The van der Waals surface area contributed by atoms with Crippen molar-refractivity contribution in [3.8, 4) is 5.75 Å². The van der Waals surface area contributed by atoms with Crippen LogP contribution in [0.3, 0.4) is 0 Å². The molecule has 2 atom stereocenters. The number of hydrogen-bond acceptors (Lipinski definition) is 8. The summed E-state index contributed by atoms with van der Waals surface area (Å²) >= 11 is 0. The van der Waals surface area contributed by atoms with E-state index in [9.17, 15) is 21.6 Å². The standard InChI is InChI=1S/C26H37F3N6O3S/c1-33-11-13-35(14-12-33)19-9-10-21(24(16-19)38-3)31-25-30-17-20(26(27,28)29)22(32-25)15-18-7-5-6-8-23(18)34(2)39(4,36)37/h9-10,16-18,23H,5-8,11-15H2,1-4H3,(H,30,31,32)/t18-,23+/m0/s1. The number of nitrogens with zero attached hydrogens (tertiary/aromatic N) is 5. The van der Waals surface area contributed by atoms with Gasteiger partial charge in [0.2, 0.25) is 16.0 Å². The van der Waals surface area contributed by atoms with Crippen LogP contribution in [0.25, 0.3) is 0 Å². The molecule has 0 amide bonds. The molecule has 1 aromatic heterocycles. The lowest BCUT2D eigenvalue weighted by atomic mass is 9.81. The summed E-state index contributed by atoms with van der Waals surface area (Å²) in [5.74, 6) is 0.255. The molecule has 9 nitrogen and oxygen atoms in total. The van der Waals surface area contributed by atoms with Crippen molar-refractivity contribution in [2.24, 2.45) is 5.92 Å². The Bertz CT molecular complexity index is 1250. The summed E-state index contributed by atoms with van der Waals surface area (Å²) in [5.41, 5.74) is 0.481. The van der Waals surface area contributed by atoms with E-state index in [1.807, 2.05) is 18.2 Å². The van der Waals surface area contributed by atoms with Crippen LogP contribution in [0, 0.1) is 5.92 Å². The number of likely N-dealkylation sites (N-methyl/N-ethyl adjacent to an activating group) is 1. The molecule has 2 aromatic rings. The Morgan fingerprint density at radius 3 is 2.49 bits per heavy atom. The zero-order chi connectivity index (χ0) is 28.4. The number of piperazine rings is 1. The van der Waals surface area contributed by atoms with Gasteiger partial charge in [0.25, 0.3) is 0 Å². The summed E-state index contributed by atoms with van der Waals surface area (Å²) in [7, 11) is 1.62. The van der Waals surface area contributed by atoms with Gasteiger partial charge in [0.05, 0.1) is 30.3 Å². The highest BCUT2D eigenvalue weighted by Crippen LogP contribution is 2.37. The van der Waals surface area contributed by atoms with Gasteiger partial charge in [-0.15, -0.1) is 0 Å². The lowest BCUT2D eigenvalue weighted by Gasteiger charge is -2.37. The molecule has 13 heteroatoms. The van der Waals surface area contributed by atoms with Gasteiger partial charge in [-0.2, -0.15) is 13.2 Å². The van der Waals surface area contributed by atoms with E-state index < -0.39 is 21.8 Å². The number of benzene rings is 1. The highest BCUT2D eigenvalue weighted by atomic mass is 32.2. The zero-order valence-electron chi connectivity index (χ0n) is 22.8. The smallest absolute Gasteiger partial charge is 0.419 e. The Hall–Kier alpha value is -2.64. The van der Waals surface area contributed by atoms with Crippen molar-refractivity contribution in [2.75, 3.05) is 63.9 Å². The molecule has 2 aliphatic rings. The van der Waals surface area contributed by atoms with Crippen LogP contribution in [0.2, 0.25) is 0 Å². The normalized spacial score (nSPS) is 21.3. The second-order valence-electron chi connectivity index (χ2n) is 10.4. The van der Waals surface area contributed by atoms with Crippen LogP contribution >= 0.6 is 0 Å². The summed E-state index contributed by atoms with van der Waals surface area (Å²) in [6, 6.07) is 5.26. The maximum Gasteiger partial charge on any atom is 0.419 e. The average Bonchev–Trinajstić information content (AvgIpc) is 2.88. The maximum atomic E-state index is 13.9. The lowest BCUT2D eigenvalue weighted by Crippen LogP contribution is -2.44. The summed E-state index contributed by atoms with van der Waals surface area (Å²) in [4.78, 5) is 12.8. The Morgan fingerprint density at radius 1 is 1.15 bits per heavy atom. The number of alkyl halides is 3. The molecule has 39 heavy (non-hydrogen) atoms. The number of anilines is 3. The van der Waals surface area contributed by atoms with Gasteiger partial charge >= 0.3 is 6.18 Å². The first kappa shape index (κ1) is 29.3. The third-order valence-corrected chi connectivity index (χ3v) is 9.10. The van der Waals surface area contributed by atoms with Crippen molar-refractivity contribution in [1.82, 2.24) is 19.2 Å². The minimum Gasteiger partial charge on any atom is -0.494 e. The van der Waals surface area contributed by atoms with Crippen LogP contribution in [-0.2, 0) is 22.6 Å². The van der Waals surface area contributed by atoms with Gasteiger partial charge < -0.3 is 19.9 Å². The third kappa shape index (κ3) is 7.12. The predicted molar refractivity (Wildman–Crippen MR) is 145 cm³/mol. The first-order chi connectivity index (χ1) is 18.4. The molecule has 2 heterocycles. The average molecular weight is 571 g/mol.